The number of hydrogen-bond donors (Lipinski definition) is 0. The van der Waals surface area contributed by atoms with Gasteiger partial charge in [-0.3, -0.25) is 4.79 Å². The fourth-order valence-electron chi connectivity index (χ4n) is 3.18. The van der Waals surface area contributed by atoms with Crippen molar-refractivity contribution in [2.24, 2.45) is 0 Å². The van der Waals surface area contributed by atoms with Gasteiger partial charge in [-0.05, 0) is 60.3 Å². The molecule has 0 spiro atoms. The molecule has 3 aromatic rings. The van der Waals surface area contributed by atoms with Gasteiger partial charge in [-0.1, -0.05) is 0 Å². The van der Waals surface area contributed by atoms with Crippen LogP contribution in [0.1, 0.15) is 41.8 Å². The summed E-state index contributed by atoms with van der Waals surface area (Å²) in [4.78, 5) is 15.1. The lowest BCUT2D eigenvalue weighted by atomic mass is 10.0. The molecule has 1 atom stereocenters. The van der Waals surface area contributed by atoms with Gasteiger partial charge in [0, 0.05) is 29.6 Å². The smallest absolute Gasteiger partial charge is 0.275 e. The minimum atomic E-state index is -0.503. The van der Waals surface area contributed by atoms with Crippen molar-refractivity contribution in [3.63, 3.8) is 0 Å². The van der Waals surface area contributed by atoms with Crippen molar-refractivity contribution in [1.29, 1.82) is 0 Å². The van der Waals surface area contributed by atoms with E-state index in [1.807, 2.05) is 60.5 Å². The average Bonchev–Trinajstić information content (AvgIpc) is 3.33. The number of thiophene rings is 1. The Kier molecular flexibility index (Phi) is 4.94. The van der Waals surface area contributed by atoms with Gasteiger partial charge < -0.3 is 14.4 Å². The number of ether oxygens (including phenoxy) is 2. The normalized spacial score (nSPS) is 15.3. The summed E-state index contributed by atoms with van der Waals surface area (Å²) in [7, 11) is 3.42. The number of rotatable bonds is 3. The maximum Gasteiger partial charge on any atom is 0.275 e. The molecule has 0 saturated heterocycles. The lowest BCUT2D eigenvalue weighted by Crippen LogP contribution is -2.43. The summed E-state index contributed by atoms with van der Waals surface area (Å²) in [6.45, 7) is 5.99. The molecule has 1 amide bonds. The molecule has 1 aromatic carbocycles. The number of carbonyl (C=O) groups is 1. The SMILES string of the molecule is COc1ccc2c(c1)OC(Br)c1c(C(=O)N(C)C(C)(C)C)nn(-c3ccsc3)c1-2. The topological polar surface area (TPSA) is 56.6 Å². The molecular formula is C21H22BrN3O3S. The minimum Gasteiger partial charge on any atom is -0.497 e. The maximum atomic E-state index is 13.4. The van der Waals surface area contributed by atoms with Crippen molar-refractivity contribution in [2.45, 2.75) is 31.3 Å². The van der Waals surface area contributed by atoms with Crippen molar-refractivity contribution in [3.8, 4) is 28.4 Å². The molecule has 1 aliphatic rings. The second-order valence-electron chi connectivity index (χ2n) is 7.84. The third-order valence-electron chi connectivity index (χ3n) is 5.09. The predicted octanol–water partition coefficient (Wildman–Crippen LogP) is 5.27. The van der Waals surface area contributed by atoms with Crippen LogP contribution >= 0.6 is 27.3 Å². The molecule has 8 heteroatoms. The number of halogens is 1. The predicted molar refractivity (Wildman–Crippen MR) is 118 cm³/mol. The second-order valence-corrected chi connectivity index (χ2v) is 9.45. The highest BCUT2D eigenvalue weighted by molar-refractivity contribution is 9.09. The molecule has 29 heavy (non-hydrogen) atoms. The van der Waals surface area contributed by atoms with Gasteiger partial charge in [0.25, 0.3) is 5.91 Å². The Labute approximate surface area is 182 Å². The lowest BCUT2D eigenvalue weighted by Gasteiger charge is -2.32. The fraction of sp³-hybridized carbons (Fsp3) is 0.333. The summed E-state index contributed by atoms with van der Waals surface area (Å²) < 4.78 is 13.3. The van der Waals surface area contributed by atoms with Gasteiger partial charge >= 0.3 is 0 Å². The van der Waals surface area contributed by atoms with E-state index in [9.17, 15) is 4.79 Å². The summed E-state index contributed by atoms with van der Waals surface area (Å²) in [5.41, 5.74) is 3.40. The molecule has 0 saturated carbocycles. The van der Waals surface area contributed by atoms with Crippen molar-refractivity contribution in [1.82, 2.24) is 14.7 Å². The molecule has 3 heterocycles. The van der Waals surface area contributed by atoms with Gasteiger partial charge in [0.2, 0.25) is 0 Å². The van der Waals surface area contributed by atoms with Crippen molar-refractivity contribution in [2.75, 3.05) is 14.2 Å². The van der Waals surface area contributed by atoms with Crippen LogP contribution in [0.2, 0.25) is 0 Å². The van der Waals surface area contributed by atoms with Crippen LogP contribution in [0.25, 0.3) is 16.9 Å². The van der Waals surface area contributed by atoms with Crippen molar-refractivity contribution in [3.05, 3.63) is 46.3 Å². The molecular weight excluding hydrogens is 454 g/mol. The molecule has 0 aliphatic carbocycles. The largest absolute Gasteiger partial charge is 0.497 e. The van der Waals surface area contributed by atoms with E-state index in [4.69, 9.17) is 14.6 Å². The number of amides is 1. The molecule has 1 unspecified atom stereocenters. The highest BCUT2D eigenvalue weighted by Gasteiger charge is 2.37. The molecule has 0 N–H and O–H groups in total. The van der Waals surface area contributed by atoms with Crippen LogP contribution in [0.3, 0.4) is 0 Å². The standard InChI is InChI=1S/C21H22BrN3O3S/c1-21(2,3)24(4)20(26)17-16-18(25(23-17)12-8-9-29-11-12)14-7-6-13(27-5)10-15(14)28-19(16)22/h6-11,19H,1-5H3. The number of fused-ring (bicyclic) bond motifs is 3. The van der Waals surface area contributed by atoms with E-state index in [1.165, 1.54) is 0 Å². The molecule has 152 valence electrons. The van der Waals surface area contributed by atoms with E-state index >= 15 is 0 Å². The molecule has 4 rings (SSSR count). The minimum absolute atomic E-state index is 0.146. The molecule has 0 fully saturated rings. The summed E-state index contributed by atoms with van der Waals surface area (Å²) in [5, 5.41) is 8.25. The molecule has 1 aliphatic heterocycles. The Balaban J connectivity index is 1.97. The Morgan fingerprint density at radius 1 is 1.34 bits per heavy atom. The summed E-state index contributed by atoms with van der Waals surface area (Å²) in [5.74, 6) is 1.24. The van der Waals surface area contributed by atoms with Crippen molar-refractivity contribution >= 4 is 33.2 Å². The van der Waals surface area contributed by atoms with Crippen LogP contribution in [-0.4, -0.2) is 40.3 Å². The van der Waals surface area contributed by atoms with E-state index in [-0.39, 0.29) is 11.4 Å². The van der Waals surface area contributed by atoms with E-state index in [0.717, 1.165) is 22.5 Å². The summed E-state index contributed by atoms with van der Waals surface area (Å²) in [6, 6.07) is 7.66. The summed E-state index contributed by atoms with van der Waals surface area (Å²) >= 11 is 5.20. The van der Waals surface area contributed by atoms with E-state index in [1.54, 1.807) is 30.4 Å². The first-order chi connectivity index (χ1) is 13.7. The number of benzene rings is 1. The Morgan fingerprint density at radius 2 is 2.10 bits per heavy atom. The van der Waals surface area contributed by atoms with Crippen LogP contribution in [0.4, 0.5) is 0 Å². The van der Waals surface area contributed by atoms with E-state index in [0.29, 0.717) is 17.2 Å². The van der Waals surface area contributed by atoms with Gasteiger partial charge in [-0.25, -0.2) is 4.68 Å². The number of nitrogens with zero attached hydrogens (tertiary/aromatic N) is 3. The van der Waals surface area contributed by atoms with Gasteiger partial charge in [-0.2, -0.15) is 16.4 Å². The van der Waals surface area contributed by atoms with Crippen LogP contribution < -0.4 is 9.47 Å². The Hall–Kier alpha value is -2.32. The zero-order valence-electron chi connectivity index (χ0n) is 16.9. The zero-order valence-corrected chi connectivity index (χ0v) is 19.3. The van der Waals surface area contributed by atoms with Crippen LogP contribution in [0, 0.1) is 0 Å². The van der Waals surface area contributed by atoms with Crippen LogP contribution in [-0.2, 0) is 0 Å². The van der Waals surface area contributed by atoms with Crippen LogP contribution in [0.15, 0.2) is 35.0 Å². The van der Waals surface area contributed by atoms with Gasteiger partial charge in [0.05, 0.1) is 24.1 Å². The average molecular weight is 476 g/mol. The molecule has 2 aromatic heterocycles. The van der Waals surface area contributed by atoms with E-state index in [2.05, 4.69) is 15.9 Å². The first-order valence-corrected chi connectivity index (χ1v) is 11.0. The number of alkyl halides is 1. The van der Waals surface area contributed by atoms with Crippen molar-refractivity contribution < 1.29 is 14.3 Å². The lowest BCUT2D eigenvalue weighted by molar-refractivity contribution is 0.0646. The highest BCUT2D eigenvalue weighted by atomic mass is 79.9. The van der Waals surface area contributed by atoms with Crippen LogP contribution in [0.5, 0.6) is 11.5 Å². The third-order valence-corrected chi connectivity index (χ3v) is 6.40. The monoisotopic (exact) mass is 475 g/mol. The molecule has 6 nitrogen and oxygen atoms in total. The molecule has 0 radical (unpaired) electrons. The van der Waals surface area contributed by atoms with Gasteiger partial charge in [-0.15, -0.1) is 0 Å². The highest BCUT2D eigenvalue weighted by Crippen LogP contribution is 2.48. The summed E-state index contributed by atoms with van der Waals surface area (Å²) in [6.07, 6.45) is 0. The number of methoxy groups -OCH3 is 1. The number of carbonyl (C=O) groups excluding carboxylic acids is 1. The van der Waals surface area contributed by atoms with Gasteiger partial charge in [0.1, 0.15) is 11.5 Å². The third kappa shape index (κ3) is 3.34. The maximum absolute atomic E-state index is 13.4. The first-order valence-electron chi connectivity index (χ1n) is 9.15. The zero-order chi connectivity index (χ0) is 20.9. The number of hydrogen-bond acceptors (Lipinski definition) is 5. The second kappa shape index (κ2) is 7.18. The number of aromatic nitrogens is 2. The Bertz CT molecular complexity index is 1070. The first kappa shape index (κ1) is 20.0. The quantitative estimate of drug-likeness (QED) is 0.484. The van der Waals surface area contributed by atoms with Gasteiger partial charge in [0.15, 0.2) is 10.7 Å². The van der Waals surface area contributed by atoms with E-state index < -0.39 is 5.01 Å². The Morgan fingerprint density at radius 3 is 2.72 bits per heavy atom. The fourth-order valence-corrected chi connectivity index (χ4v) is 4.43. The molecule has 0 bridgehead atoms.